The van der Waals surface area contributed by atoms with Gasteiger partial charge in [0.05, 0.1) is 25.2 Å². The van der Waals surface area contributed by atoms with Gasteiger partial charge in [-0.05, 0) is 68.4 Å². The zero-order valence-electron chi connectivity index (χ0n) is 20.5. The summed E-state index contributed by atoms with van der Waals surface area (Å²) >= 11 is 0. The Bertz CT molecular complexity index is 674. The van der Waals surface area contributed by atoms with Gasteiger partial charge in [-0.15, -0.1) is 10.2 Å². The molecule has 0 bridgehead atoms. The fraction of sp³-hybridized carbons (Fsp3) is 0.682. The predicted molar refractivity (Wildman–Crippen MR) is 116 cm³/mol. The summed E-state index contributed by atoms with van der Waals surface area (Å²) in [5, 5.41) is 7.11. The fourth-order valence-corrected chi connectivity index (χ4v) is 3.05. The summed E-state index contributed by atoms with van der Waals surface area (Å²) in [7, 11) is -4.94. The number of para-hydroxylation sites is 1. The molecule has 2 N–H and O–H groups in total. The first kappa shape index (κ1) is 29.6. The lowest BCUT2D eigenvalue weighted by molar-refractivity contribution is -2.00. The number of anilines is 1. The number of aliphatic imine (C=N–C) groups is 1. The fourth-order valence-electron chi connectivity index (χ4n) is 3.05. The van der Waals surface area contributed by atoms with Gasteiger partial charge in [-0.25, -0.2) is 23.6 Å². The van der Waals surface area contributed by atoms with E-state index in [9.17, 15) is 0 Å². The molecule has 1 aromatic carbocycles. The van der Waals surface area contributed by atoms with Crippen molar-refractivity contribution < 1.29 is 33.4 Å². The molecule has 180 valence electrons. The van der Waals surface area contributed by atoms with E-state index in [0.717, 1.165) is 42.3 Å². The second kappa shape index (κ2) is 12.0. The van der Waals surface area contributed by atoms with Gasteiger partial charge in [0.25, 0.3) is 0 Å². The van der Waals surface area contributed by atoms with Gasteiger partial charge in [-0.2, -0.15) is 0 Å². The van der Waals surface area contributed by atoms with Crippen LogP contribution in [-0.4, -0.2) is 41.2 Å². The predicted octanol–water partition coefficient (Wildman–Crippen LogP) is 0.262. The average molecular weight is 461 g/mol. The molecule has 9 heteroatoms. The molecule has 0 spiro atoms. The van der Waals surface area contributed by atoms with Crippen LogP contribution >= 0.6 is 0 Å². The molecule has 0 aromatic heterocycles. The molecule has 0 saturated heterocycles. The lowest BCUT2D eigenvalue weighted by Crippen LogP contribution is -2.68. The van der Waals surface area contributed by atoms with Crippen molar-refractivity contribution in [3.05, 3.63) is 29.8 Å². The molecule has 1 aromatic rings. The van der Waals surface area contributed by atoms with Gasteiger partial charge in [0, 0.05) is 16.8 Å². The van der Waals surface area contributed by atoms with E-state index in [2.05, 4.69) is 97.2 Å². The van der Waals surface area contributed by atoms with Crippen molar-refractivity contribution in [2.45, 2.75) is 79.9 Å². The van der Waals surface area contributed by atoms with Crippen LogP contribution in [0.1, 0.15) is 67.9 Å². The molecule has 0 unspecified atom stereocenters. The molecule has 0 aliphatic rings. The van der Waals surface area contributed by atoms with E-state index in [-0.39, 0.29) is 11.1 Å². The molecule has 0 aliphatic heterocycles. The Hall–Kier alpha value is -1.42. The van der Waals surface area contributed by atoms with Crippen LogP contribution < -0.4 is 29.3 Å². The van der Waals surface area contributed by atoms with Crippen molar-refractivity contribution in [2.24, 2.45) is 4.99 Å². The van der Waals surface area contributed by atoms with E-state index in [0.29, 0.717) is 0 Å². The largest absolute Gasteiger partial charge is 0.352 e. The molecular weight excluding hydrogens is 420 g/mol. The number of benzene rings is 1. The Morgan fingerprint density at radius 1 is 0.903 bits per heavy atom. The number of quaternary nitrogens is 1. The highest BCUT2D eigenvalue weighted by Gasteiger charge is 2.23. The molecule has 31 heavy (non-hydrogen) atoms. The zero-order chi connectivity index (χ0) is 24.5. The zero-order valence-corrected chi connectivity index (χ0v) is 21.3. The third-order valence-corrected chi connectivity index (χ3v) is 4.73. The second-order valence-corrected chi connectivity index (χ2v) is 10.4. The summed E-state index contributed by atoms with van der Waals surface area (Å²) in [5.41, 5.74) is 2.29. The Balaban J connectivity index is 0.00000161. The first-order valence-corrected chi connectivity index (χ1v) is 11.9. The van der Waals surface area contributed by atoms with E-state index >= 15 is 0 Å². The molecule has 0 fully saturated rings. The van der Waals surface area contributed by atoms with Crippen LogP contribution in [0.2, 0.25) is 0 Å². The number of hydrogen-bond acceptors (Lipinski definition) is 5. The Morgan fingerprint density at radius 3 is 1.74 bits per heavy atom. The summed E-state index contributed by atoms with van der Waals surface area (Å²) in [4.78, 5) is 4.88. The monoisotopic (exact) mass is 460 g/mol. The third-order valence-electron chi connectivity index (χ3n) is 4.73. The van der Waals surface area contributed by atoms with E-state index in [1.54, 1.807) is 0 Å². The standard InChI is InChI=1S/C22H41N4.ClHO4/c1-10-26(11-2,12-3)17-18-15-13-14-16-19(18)23-20(24-21(4,5)6)25-22(7,8)9;2-1(3,4)5/h13-16H,10-12,17H2,1-9H3,(H2,23,24,25);(H,2,3,4,5)/q+1;/p-1. The van der Waals surface area contributed by atoms with Crippen LogP contribution in [0.15, 0.2) is 29.3 Å². The van der Waals surface area contributed by atoms with Gasteiger partial charge in [-0.3, -0.25) is 0 Å². The Kier molecular flexibility index (Phi) is 11.4. The molecule has 0 aliphatic carbocycles. The van der Waals surface area contributed by atoms with Crippen LogP contribution in [0.25, 0.3) is 0 Å². The summed E-state index contributed by atoms with van der Waals surface area (Å²) in [6, 6.07) is 8.62. The Labute approximate surface area is 190 Å². The number of halogens is 1. The molecule has 1 rings (SSSR count). The first-order chi connectivity index (χ1) is 13.9. The lowest BCUT2D eigenvalue weighted by Gasteiger charge is -2.36. The van der Waals surface area contributed by atoms with Crippen molar-refractivity contribution >= 4 is 11.6 Å². The smallest absolute Gasteiger partial charge is 0.196 e. The first-order valence-electron chi connectivity index (χ1n) is 10.6. The number of nitrogens with one attached hydrogen (secondary N) is 2. The molecule has 0 saturated carbocycles. The van der Waals surface area contributed by atoms with Gasteiger partial charge in [0.15, 0.2) is 5.96 Å². The van der Waals surface area contributed by atoms with E-state index in [1.165, 1.54) is 5.56 Å². The summed E-state index contributed by atoms with van der Waals surface area (Å²) in [5.74, 6) is 0.833. The lowest BCUT2D eigenvalue weighted by atomic mass is 10.1. The number of hydrogen-bond donors (Lipinski definition) is 2. The van der Waals surface area contributed by atoms with Gasteiger partial charge >= 0.3 is 0 Å². The Morgan fingerprint density at radius 2 is 1.35 bits per heavy atom. The van der Waals surface area contributed by atoms with E-state index < -0.39 is 10.2 Å². The molecule has 0 radical (unpaired) electrons. The number of rotatable bonds is 6. The van der Waals surface area contributed by atoms with Crippen molar-refractivity contribution in [1.29, 1.82) is 0 Å². The molecular formula is C22H41ClN4O4. The van der Waals surface area contributed by atoms with E-state index in [1.807, 2.05) is 0 Å². The SMILES string of the molecule is CC[N+](CC)(CC)Cc1ccccc1NC(=NC(C)(C)C)NC(C)(C)C.[O-][Cl+3]([O-])([O-])[O-]. The summed E-state index contributed by atoms with van der Waals surface area (Å²) in [6.45, 7) is 24.2. The summed E-state index contributed by atoms with van der Waals surface area (Å²) < 4.78 is 35.1. The van der Waals surface area contributed by atoms with Gasteiger partial charge in [0.1, 0.15) is 6.54 Å². The highest BCUT2D eigenvalue weighted by atomic mass is 35.7. The van der Waals surface area contributed by atoms with Gasteiger partial charge in [-0.1, -0.05) is 18.2 Å². The molecule has 0 heterocycles. The maximum atomic E-state index is 8.49. The van der Waals surface area contributed by atoms with Crippen LogP contribution in [0.5, 0.6) is 0 Å². The minimum Gasteiger partial charge on any atom is -0.352 e. The average Bonchev–Trinajstić information content (AvgIpc) is 2.57. The minimum absolute atomic E-state index is 0.0535. The van der Waals surface area contributed by atoms with Crippen molar-refractivity contribution in [2.75, 3.05) is 25.0 Å². The topological polar surface area (TPSA) is 129 Å². The van der Waals surface area contributed by atoms with Crippen LogP contribution in [0.3, 0.4) is 0 Å². The van der Waals surface area contributed by atoms with Crippen molar-refractivity contribution in [3.8, 4) is 0 Å². The normalized spacial score (nSPS) is 13.4. The van der Waals surface area contributed by atoms with Crippen molar-refractivity contribution in [3.63, 3.8) is 0 Å². The van der Waals surface area contributed by atoms with Crippen LogP contribution in [-0.2, 0) is 6.54 Å². The summed E-state index contributed by atoms with van der Waals surface area (Å²) in [6.07, 6.45) is 0. The number of guanidine groups is 1. The molecule has 0 atom stereocenters. The number of nitrogens with zero attached hydrogens (tertiary/aromatic N) is 2. The highest BCUT2D eigenvalue weighted by Crippen LogP contribution is 2.22. The van der Waals surface area contributed by atoms with E-state index in [4.69, 9.17) is 23.6 Å². The maximum absolute atomic E-state index is 8.49. The molecule has 8 nitrogen and oxygen atoms in total. The second-order valence-electron chi connectivity index (χ2n) is 9.61. The highest BCUT2D eigenvalue weighted by molar-refractivity contribution is 5.95. The molecule has 0 amide bonds. The van der Waals surface area contributed by atoms with Crippen LogP contribution in [0, 0.1) is 10.2 Å². The van der Waals surface area contributed by atoms with Crippen molar-refractivity contribution in [1.82, 2.24) is 5.32 Å². The van der Waals surface area contributed by atoms with Gasteiger partial charge < -0.3 is 15.1 Å². The quantitative estimate of drug-likeness (QED) is 0.356. The maximum Gasteiger partial charge on any atom is 0.196 e. The van der Waals surface area contributed by atoms with Crippen LogP contribution in [0.4, 0.5) is 5.69 Å². The van der Waals surface area contributed by atoms with Gasteiger partial charge in [0.2, 0.25) is 0 Å². The third kappa shape index (κ3) is 14.3. The minimum atomic E-state index is -4.94.